The number of aryl methyl sites for hydroxylation is 1. The lowest BCUT2D eigenvalue weighted by molar-refractivity contribution is -0.122. The number of carbonyl (C=O) groups is 1. The molecule has 1 amide bonds. The van der Waals surface area contributed by atoms with Crippen molar-refractivity contribution in [1.82, 2.24) is 20.0 Å². The van der Waals surface area contributed by atoms with Crippen LogP contribution in [0.25, 0.3) is 16.5 Å². The van der Waals surface area contributed by atoms with Crippen LogP contribution in [0.5, 0.6) is 0 Å². The molecular weight excluding hydrogens is 372 g/mol. The third-order valence-corrected chi connectivity index (χ3v) is 6.09. The lowest BCUT2D eigenvalue weighted by Gasteiger charge is -2.28. The fraction of sp³-hybridized carbons (Fsp3) is 0.280. The number of carbonyl (C=O) groups excluding carboxylic acids is 1. The predicted octanol–water partition coefficient (Wildman–Crippen LogP) is 4.08. The van der Waals surface area contributed by atoms with Crippen molar-refractivity contribution in [2.75, 3.05) is 13.1 Å². The van der Waals surface area contributed by atoms with E-state index in [4.69, 9.17) is 0 Å². The molecule has 0 radical (unpaired) electrons. The van der Waals surface area contributed by atoms with E-state index in [9.17, 15) is 4.79 Å². The van der Waals surface area contributed by atoms with E-state index < -0.39 is 0 Å². The number of aromatic nitrogens is 2. The smallest absolute Gasteiger partial charge is 0.255 e. The molecule has 1 N–H and O–H groups in total. The summed E-state index contributed by atoms with van der Waals surface area (Å²) in [6.07, 6.45) is 16.3. The van der Waals surface area contributed by atoms with Crippen molar-refractivity contribution in [2.24, 2.45) is 13.0 Å². The highest BCUT2D eigenvalue weighted by atomic mass is 16.2. The highest BCUT2D eigenvalue weighted by Gasteiger charge is 2.23. The van der Waals surface area contributed by atoms with Crippen LogP contribution >= 0.6 is 0 Å². The molecule has 1 unspecified atom stereocenters. The Labute approximate surface area is 176 Å². The minimum Gasteiger partial charge on any atom is -0.313 e. The zero-order chi connectivity index (χ0) is 20.7. The van der Waals surface area contributed by atoms with Crippen LogP contribution in [0.4, 0.5) is 0 Å². The second-order valence-corrected chi connectivity index (χ2v) is 8.25. The zero-order valence-corrected chi connectivity index (χ0v) is 17.4. The van der Waals surface area contributed by atoms with Gasteiger partial charge in [0, 0.05) is 43.1 Å². The Kier molecular flexibility index (Phi) is 4.75. The van der Waals surface area contributed by atoms with Gasteiger partial charge in [-0.25, -0.2) is 0 Å². The Morgan fingerprint density at radius 2 is 2.10 bits per heavy atom. The van der Waals surface area contributed by atoms with Crippen molar-refractivity contribution in [3.05, 3.63) is 83.4 Å². The summed E-state index contributed by atoms with van der Waals surface area (Å²) in [4.78, 5) is 15.1. The minimum absolute atomic E-state index is 0.00506. The fourth-order valence-electron chi connectivity index (χ4n) is 4.41. The quantitative estimate of drug-likeness (QED) is 0.829. The third kappa shape index (κ3) is 3.46. The second kappa shape index (κ2) is 7.58. The standard InChI is InChI=1S/C25H26N4O/c1-17-3-6-22-7-4-20(18-9-11-26-12-10-18)16-29(22)25(30)14-23(17)19-5-8-24-21(13-19)15-28(2)27-24/h4-9,13-17,26H,3,10-12H2,1-2H3. The predicted molar refractivity (Wildman–Crippen MR) is 120 cm³/mol. The maximum atomic E-state index is 13.3. The number of amides is 1. The normalized spacial score (nSPS) is 22.0. The molecule has 0 fully saturated rings. The average Bonchev–Trinajstić information content (AvgIpc) is 3.14. The van der Waals surface area contributed by atoms with Gasteiger partial charge < -0.3 is 5.32 Å². The fourth-order valence-corrected chi connectivity index (χ4v) is 4.41. The van der Waals surface area contributed by atoms with Gasteiger partial charge in [-0.1, -0.05) is 31.2 Å². The Bertz CT molecular complexity index is 1170. The molecule has 3 aliphatic rings. The average molecular weight is 399 g/mol. The molecule has 4 heterocycles. The first-order valence-electron chi connectivity index (χ1n) is 10.6. The molecule has 0 bridgehead atoms. The summed E-state index contributed by atoms with van der Waals surface area (Å²) in [6.45, 7) is 4.05. The molecule has 1 aromatic heterocycles. The molecule has 0 saturated carbocycles. The van der Waals surface area contributed by atoms with E-state index in [2.05, 4.69) is 53.8 Å². The molecule has 5 heteroatoms. The van der Waals surface area contributed by atoms with Gasteiger partial charge in [0.25, 0.3) is 5.91 Å². The largest absolute Gasteiger partial charge is 0.313 e. The van der Waals surface area contributed by atoms with E-state index in [-0.39, 0.29) is 11.8 Å². The summed E-state index contributed by atoms with van der Waals surface area (Å²) in [7, 11) is 1.93. The van der Waals surface area contributed by atoms with Crippen molar-refractivity contribution in [3.63, 3.8) is 0 Å². The first-order valence-corrected chi connectivity index (χ1v) is 10.6. The molecule has 0 saturated heterocycles. The van der Waals surface area contributed by atoms with Crippen LogP contribution in [0.2, 0.25) is 0 Å². The van der Waals surface area contributed by atoms with Crippen LogP contribution in [-0.2, 0) is 11.8 Å². The molecule has 152 valence electrons. The van der Waals surface area contributed by atoms with Gasteiger partial charge in [0.05, 0.1) is 5.52 Å². The number of rotatable bonds is 2. The van der Waals surface area contributed by atoms with Gasteiger partial charge in [-0.15, -0.1) is 0 Å². The third-order valence-electron chi connectivity index (χ3n) is 6.09. The van der Waals surface area contributed by atoms with E-state index in [0.717, 1.165) is 59.2 Å². The highest BCUT2D eigenvalue weighted by molar-refractivity contribution is 5.99. The maximum absolute atomic E-state index is 13.3. The van der Waals surface area contributed by atoms with E-state index in [1.54, 1.807) is 4.90 Å². The van der Waals surface area contributed by atoms with Gasteiger partial charge in [0.15, 0.2) is 0 Å². The van der Waals surface area contributed by atoms with Crippen molar-refractivity contribution in [1.29, 1.82) is 0 Å². The van der Waals surface area contributed by atoms with Crippen LogP contribution in [0.1, 0.15) is 25.3 Å². The van der Waals surface area contributed by atoms with E-state index in [1.165, 1.54) is 5.57 Å². The van der Waals surface area contributed by atoms with Crippen molar-refractivity contribution in [3.8, 4) is 0 Å². The zero-order valence-electron chi connectivity index (χ0n) is 17.4. The monoisotopic (exact) mass is 398 g/mol. The molecule has 5 nitrogen and oxygen atoms in total. The Hall–Kier alpha value is -3.18. The van der Waals surface area contributed by atoms with E-state index in [1.807, 2.05) is 36.3 Å². The molecule has 3 aliphatic heterocycles. The molecule has 0 aliphatic carbocycles. The van der Waals surface area contributed by atoms with Gasteiger partial charge in [-0.2, -0.15) is 5.10 Å². The molecular formula is C25H26N4O. The SMILES string of the molecule is CC1CC=C2C=CC(C3=CCNCC3)=CN2C(=O)C=C1c1ccc2nn(C)cc2c1. The number of hydrogen-bond donors (Lipinski definition) is 1. The summed E-state index contributed by atoms with van der Waals surface area (Å²) in [5.41, 5.74) is 6.53. The van der Waals surface area contributed by atoms with Gasteiger partial charge >= 0.3 is 0 Å². The number of hydrogen-bond acceptors (Lipinski definition) is 3. The number of nitrogens with zero attached hydrogens (tertiary/aromatic N) is 3. The topological polar surface area (TPSA) is 50.2 Å². The molecule has 0 spiro atoms. The van der Waals surface area contributed by atoms with Gasteiger partial charge in [-0.3, -0.25) is 14.4 Å². The summed E-state index contributed by atoms with van der Waals surface area (Å²) < 4.78 is 1.83. The first kappa shape index (κ1) is 18.8. The summed E-state index contributed by atoms with van der Waals surface area (Å²) in [5, 5.41) is 8.90. The van der Waals surface area contributed by atoms with Gasteiger partial charge in [-0.05, 0) is 65.8 Å². The molecule has 2 aromatic rings. The number of allylic oxidation sites excluding steroid dienone is 5. The highest BCUT2D eigenvalue weighted by Crippen LogP contribution is 2.33. The molecule has 1 atom stereocenters. The Morgan fingerprint density at radius 3 is 2.93 bits per heavy atom. The van der Waals surface area contributed by atoms with Crippen molar-refractivity contribution >= 4 is 22.4 Å². The first-order chi connectivity index (χ1) is 14.6. The molecule has 5 rings (SSSR count). The summed E-state index contributed by atoms with van der Waals surface area (Å²) >= 11 is 0. The lowest BCUT2D eigenvalue weighted by atomic mass is 9.88. The van der Waals surface area contributed by atoms with Crippen LogP contribution in [-0.4, -0.2) is 33.7 Å². The Morgan fingerprint density at radius 1 is 1.20 bits per heavy atom. The minimum atomic E-state index is 0.00506. The van der Waals surface area contributed by atoms with Crippen LogP contribution in [0, 0.1) is 5.92 Å². The van der Waals surface area contributed by atoms with Gasteiger partial charge in [0.2, 0.25) is 0 Å². The lowest BCUT2D eigenvalue weighted by Crippen LogP contribution is -2.28. The maximum Gasteiger partial charge on any atom is 0.255 e. The number of benzene rings is 1. The second-order valence-electron chi connectivity index (χ2n) is 8.25. The number of fused-ring (bicyclic) bond motifs is 2. The van der Waals surface area contributed by atoms with Crippen LogP contribution < -0.4 is 5.32 Å². The van der Waals surface area contributed by atoms with Crippen LogP contribution in [0.3, 0.4) is 0 Å². The van der Waals surface area contributed by atoms with Crippen molar-refractivity contribution < 1.29 is 4.79 Å². The summed E-state index contributed by atoms with van der Waals surface area (Å²) in [5.74, 6) is 0.258. The van der Waals surface area contributed by atoms with Gasteiger partial charge in [0.1, 0.15) is 0 Å². The Balaban J connectivity index is 1.51. The summed E-state index contributed by atoms with van der Waals surface area (Å²) in [6, 6.07) is 6.25. The van der Waals surface area contributed by atoms with E-state index >= 15 is 0 Å². The number of nitrogens with one attached hydrogen (secondary N) is 1. The van der Waals surface area contributed by atoms with Crippen LogP contribution in [0.15, 0.2) is 77.8 Å². The van der Waals surface area contributed by atoms with Crippen molar-refractivity contribution in [2.45, 2.75) is 19.8 Å². The van der Waals surface area contributed by atoms with E-state index in [0.29, 0.717) is 0 Å². The molecule has 30 heavy (non-hydrogen) atoms. The molecule has 1 aromatic carbocycles.